The first kappa shape index (κ1) is 28.0. The van der Waals surface area contributed by atoms with Crippen LogP contribution < -0.4 is 10.2 Å². The van der Waals surface area contributed by atoms with Crippen LogP contribution in [0.4, 0.5) is 20.2 Å². The van der Waals surface area contributed by atoms with Crippen molar-refractivity contribution in [2.75, 3.05) is 29.9 Å². The number of benzene rings is 2. The zero-order valence-corrected chi connectivity index (χ0v) is 21.1. The molecule has 0 atom stereocenters. The number of hydrogen-bond donors (Lipinski definition) is 1. The van der Waals surface area contributed by atoms with Gasteiger partial charge in [0.25, 0.3) is 0 Å². The molecule has 5 nitrogen and oxygen atoms in total. The molecule has 0 fully saturated rings. The molecule has 35 heavy (non-hydrogen) atoms. The summed E-state index contributed by atoms with van der Waals surface area (Å²) in [5.74, 6) is -2.28. The zero-order chi connectivity index (χ0) is 25.8. The number of anilines is 2. The summed E-state index contributed by atoms with van der Waals surface area (Å²) in [6.07, 6.45) is 5.27. The molecule has 2 aromatic carbocycles. The molecule has 2 aromatic rings. The van der Waals surface area contributed by atoms with Crippen molar-refractivity contribution >= 4 is 28.8 Å². The van der Waals surface area contributed by atoms with Crippen LogP contribution in [-0.4, -0.2) is 31.6 Å². The van der Waals surface area contributed by atoms with Crippen LogP contribution in [0.1, 0.15) is 64.5 Å². The van der Waals surface area contributed by atoms with Crippen molar-refractivity contribution in [2.24, 2.45) is 0 Å². The van der Waals surface area contributed by atoms with E-state index >= 15 is 0 Å². The van der Waals surface area contributed by atoms with Crippen molar-refractivity contribution in [1.82, 2.24) is 0 Å². The van der Waals surface area contributed by atoms with Crippen LogP contribution in [0, 0.1) is 11.6 Å². The summed E-state index contributed by atoms with van der Waals surface area (Å²) < 4.78 is 32.4. The van der Waals surface area contributed by atoms with Crippen LogP contribution in [0.3, 0.4) is 0 Å². The van der Waals surface area contributed by atoms with Crippen molar-refractivity contribution in [3.8, 4) is 0 Å². The van der Waals surface area contributed by atoms with Crippen LogP contribution in [0.15, 0.2) is 42.5 Å². The minimum absolute atomic E-state index is 0.119. The molecule has 0 aliphatic heterocycles. The Morgan fingerprint density at radius 2 is 1.69 bits per heavy atom. The Kier molecular flexibility index (Phi) is 11.4. The monoisotopic (exact) mass is 486 g/mol. The van der Waals surface area contributed by atoms with E-state index in [2.05, 4.69) is 24.1 Å². The minimum atomic E-state index is -0.755. The average molecular weight is 487 g/mol. The molecule has 1 N–H and O–H groups in total. The highest BCUT2D eigenvalue weighted by Gasteiger charge is 2.16. The summed E-state index contributed by atoms with van der Waals surface area (Å²) in [4.78, 5) is 27.1. The summed E-state index contributed by atoms with van der Waals surface area (Å²) in [6, 6.07) is 8.87. The van der Waals surface area contributed by atoms with Gasteiger partial charge >= 0.3 is 5.97 Å². The van der Waals surface area contributed by atoms with Gasteiger partial charge in [-0.25, -0.2) is 13.6 Å². The van der Waals surface area contributed by atoms with E-state index < -0.39 is 23.5 Å². The van der Waals surface area contributed by atoms with Crippen LogP contribution in [-0.2, 0) is 20.7 Å². The average Bonchev–Trinajstić information content (AvgIpc) is 2.81. The third kappa shape index (κ3) is 8.81. The van der Waals surface area contributed by atoms with Crippen molar-refractivity contribution in [3.63, 3.8) is 0 Å². The fourth-order valence-corrected chi connectivity index (χ4v) is 3.68. The van der Waals surface area contributed by atoms with Crippen LogP contribution in [0.2, 0.25) is 0 Å². The molecule has 0 aliphatic rings. The van der Waals surface area contributed by atoms with Gasteiger partial charge in [0.2, 0.25) is 5.91 Å². The van der Waals surface area contributed by atoms with E-state index in [4.69, 9.17) is 4.74 Å². The number of allylic oxidation sites excluding steroid dienone is 1. The number of unbranched alkanes of at least 4 members (excludes halogenated alkanes) is 2. The molecule has 0 heterocycles. The van der Waals surface area contributed by atoms with Gasteiger partial charge in [0, 0.05) is 25.2 Å². The van der Waals surface area contributed by atoms with E-state index in [1.165, 1.54) is 12.1 Å². The molecule has 0 aromatic heterocycles. The lowest BCUT2D eigenvalue weighted by atomic mass is 10.0. The number of nitrogens with one attached hydrogen (secondary N) is 1. The summed E-state index contributed by atoms with van der Waals surface area (Å²) in [5, 5.41) is 2.92. The number of rotatable bonds is 13. The second kappa shape index (κ2) is 14.2. The van der Waals surface area contributed by atoms with Gasteiger partial charge in [0.1, 0.15) is 11.6 Å². The second-order valence-electron chi connectivity index (χ2n) is 8.47. The number of carbonyl (C=O) groups is 2. The maximum absolute atomic E-state index is 14.1. The highest BCUT2D eigenvalue weighted by atomic mass is 19.1. The van der Waals surface area contributed by atoms with Gasteiger partial charge in [-0.2, -0.15) is 0 Å². The number of halogens is 2. The molecule has 0 bridgehead atoms. The standard InChI is InChI=1S/C28H36F2N2O3/c1-5-8-14-32(15-9-6-2)26-13-11-21(20(4)16-28(34)35-7-3)17-25(26)31-27(33)18-22-10-12-23(29)19-24(22)30/h10-13,16-17,19H,5-9,14-15,18H2,1-4H3,(H,31,33)/b20-16+. The number of nitrogens with zero attached hydrogens (tertiary/aromatic N) is 1. The maximum Gasteiger partial charge on any atom is 0.331 e. The number of carbonyl (C=O) groups excluding carboxylic acids is 2. The Hall–Kier alpha value is -3.22. The number of hydrogen-bond acceptors (Lipinski definition) is 4. The molecule has 0 spiro atoms. The van der Waals surface area contributed by atoms with Gasteiger partial charge in [0.05, 0.1) is 24.4 Å². The maximum atomic E-state index is 14.1. The SMILES string of the molecule is CCCCN(CCCC)c1ccc(/C(C)=C/C(=O)OCC)cc1NC(=O)Cc1ccc(F)cc1F. The lowest BCUT2D eigenvalue weighted by Crippen LogP contribution is -2.27. The minimum Gasteiger partial charge on any atom is -0.463 e. The third-order valence-corrected chi connectivity index (χ3v) is 5.62. The molecular formula is C28H36F2N2O3. The van der Waals surface area contributed by atoms with Gasteiger partial charge in [-0.1, -0.05) is 38.8 Å². The van der Waals surface area contributed by atoms with E-state index in [-0.39, 0.29) is 18.6 Å². The van der Waals surface area contributed by atoms with Gasteiger partial charge in [0.15, 0.2) is 0 Å². The lowest BCUT2D eigenvalue weighted by molar-refractivity contribution is -0.137. The number of ether oxygens (including phenoxy) is 1. The highest BCUT2D eigenvalue weighted by molar-refractivity contribution is 5.97. The quantitative estimate of drug-likeness (QED) is 0.259. The van der Waals surface area contributed by atoms with E-state index in [9.17, 15) is 18.4 Å². The summed E-state index contributed by atoms with van der Waals surface area (Å²) in [7, 11) is 0. The number of amides is 1. The predicted molar refractivity (Wildman–Crippen MR) is 137 cm³/mol. The van der Waals surface area contributed by atoms with Crippen LogP contribution in [0.5, 0.6) is 0 Å². The smallest absolute Gasteiger partial charge is 0.331 e. The molecule has 0 saturated heterocycles. The molecule has 7 heteroatoms. The third-order valence-electron chi connectivity index (χ3n) is 5.62. The normalized spacial score (nSPS) is 11.3. The Labute approximate surface area is 207 Å². The first-order valence-electron chi connectivity index (χ1n) is 12.3. The molecule has 190 valence electrons. The summed E-state index contributed by atoms with van der Waals surface area (Å²) >= 11 is 0. The molecule has 0 aliphatic carbocycles. The topological polar surface area (TPSA) is 58.6 Å². The Bertz CT molecular complexity index is 1030. The highest BCUT2D eigenvalue weighted by Crippen LogP contribution is 2.31. The van der Waals surface area contributed by atoms with E-state index in [1.54, 1.807) is 13.8 Å². The van der Waals surface area contributed by atoms with Gasteiger partial charge in [-0.05, 0) is 61.6 Å². The summed E-state index contributed by atoms with van der Waals surface area (Å²) in [5.41, 5.74) is 3.03. The molecule has 0 radical (unpaired) electrons. The second-order valence-corrected chi connectivity index (χ2v) is 8.47. The molecular weight excluding hydrogens is 450 g/mol. The van der Waals surface area contributed by atoms with E-state index in [0.717, 1.165) is 62.2 Å². The van der Waals surface area contributed by atoms with E-state index in [1.807, 2.05) is 18.2 Å². The predicted octanol–water partition coefficient (Wildman–Crippen LogP) is 6.52. The molecule has 0 unspecified atom stereocenters. The molecule has 2 rings (SSSR count). The Morgan fingerprint density at radius 1 is 1.00 bits per heavy atom. The van der Waals surface area contributed by atoms with Gasteiger partial charge in [-0.3, -0.25) is 4.79 Å². The first-order chi connectivity index (χ1) is 16.8. The van der Waals surface area contributed by atoms with Crippen molar-refractivity contribution in [3.05, 3.63) is 65.2 Å². The lowest BCUT2D eigenvalue weighted by Gasteiger charge is -2.28. The largest absolute Gasteiger partial charge is 0.463 e. The summed E-state index contributed by atoms with van der Waals surface area (Å²) in [6.45, 7) is 9.76. The fourth-order valence-electron chi connectivity index (χ4n) is 3.68. The first-order valence-corrected chi connectivity index (χ1v) is 12.3. The number of esters is 1. The zero-order valence-electron chi connectivity index (χ0n) is 21.1. The molecule has 0 saturated carbocycles. The van der Waals surface area contributed by atoms with Crippen molar-refractivity contribution in [1.29, 1.82) is 0 Å². The van der Waals surface area contributed by atoms with Gasteiger partial charge < -0.3 is 15.0 Å². The molecule has 1 amide bonds. The Balaban J connectivity index is 2.41. The fraction of sp³-hybridized carbons (Fsp3) is 0.429. The van der Waals surface area contributed by atoms with Crippen molar-refractivity contribution in [2.45, 2.75) is 59.8 Å². The van der Waals surface area contributed by atoms with Crippen molar-refractivity contribution < 1.29 is 23.1 Å². The Morgan fingerprint density at radius 3 is 2.29 bits per heavy atom. The van der Waals surface area contributed by atoms with Crippen LogP contribution in [0.25, 0.3) is 5.57 Å². The van der Waals surface area contributed by atoms with Crippen LogP contribution >= 0.6 is 0 Å². The van der Waals surface area contributed by atoms with Gasteiger partial charge in [-0.15, -0.1) is 0 Å². The van der Waals surface area contributed by atoms with E-state index in [0.29, 0.717) is 11.3 Å².